The minimum Gasteiger partial charge on any atom is -0.465 e. The second kappa shape index (κ2) is 11.5. The van der Waals surface area contributed by atoms with Crippen LogP contribution in [0.4, 0.5) is 5.69 Å². The summed E-state index contributed by atoms with van der Waals surface area (Å²) in [5.74, 6) is 2.91. The monoisotopic (exact) mass is 591 g/mol. The summed E-state index contributed by atoms with van der Waals surface area (Å²) in [6, 6.07) is 23.1. The summed E-state index contributed by atoms with van der Waals surface area (Å²) >= 11 is 0. The van der Waals surface area contributed by atoms with Crippen LogP contribution in [0.2, 0.25) is 0 Å². The first kappa shape index (κ1) is 27.6. The molecular formula is C35H41N7O2. The Bertz CT molecular complexity index is 1650. The summed E-state index contributed by atoms with van der Waals surface area (Å²) in [5.41, 5.74) is 8.07. The fourth-order valence-corrected chi connectivity index (χ4v) is 7.44. The zero-order valence-electron chi connectivity index (χ0n) is 25.5. The van der Waals surface area contributed by atoms with Gasteiger partial charge in [-0.25, -0.2) is 9.97 Å². The normalized spacial score (nSPS) is 24.5. The van der Waals surface area contributed by atoms with Crippen molar-refractivity contribution in [2.45, 2.75) is 75.9 Å². The Morgan fingerprint density at radius 1 is 0.727 bits per heavy atom. The smallest absolute Gasteiger partial charge is 0.196 e. The molecule has 0 spiro atoms. The van der Waals surface area contributed by atoms with Gasteiger partial charge in [-0.1, -0.05) is 12.1 Å². The van der Waals surface area contributed by atoms with Gasteiger partial charge in [0.05, 0.1) is 46.2 Å². The van der Waals surface area contributed by atoms with E-state index < -0.39 is 0 Å². The fourth-order valence-electron chi connectivity index (χ4n) is 7.44. The minimum absolute atomic E-state index is 0.223. The van der Waals surface area contributed by atoms with Gasteiger partial charge in [-0.3, -0.25) is 0 Å². The standard InChI is InChI=1S/C35H41N7O2/c1-21(43-2)44-25-11-9-24(10-12-25)42-32(22-7-13-26-30(19-22)40-34(38-26)28-5-3-17-36-28)15-16-33(42)23-8-14-27-31(20-23)41-35(39-27)29-6-4-18-37-29/h7-14,19-21,28-29,32-33,36-37H,3-6,15-18H2,1-2H3,(H,38,40)(H,39,41)/t21-,28-,29-,32+,33+/m0/s1. The average molecular weight is 592 g/mol. The summed E-state index contributed by atoms with van der Waals surface area (Å²) < 4.78 is 11.2. The lowest BCUT2D eigenvalue weighted by Crippen LogP contribution is -2.26. The van der Waals surface area contributed by atoms with E-state index >= 15 is 0 Å². The zero-order chi connectivity index (χ0) is 29.6. The molecule has 0 radical (unpaired) electrons. The van der Waals surface area contributed by atoms with E-state index in [0.29, 0.717) is 12.1 Å². The van der Waals surface area contributed by atoms with Crippen LogP contribution in [-0.4, -0.2) is 46.4 Å². The summed E-state index contributed by atoms with van der Waals surface area (Å²) in [6.07, 6.45) is 6.46. The van der Waals surface area contributed by atoms with Crippen LogP contribution in [0.5, 0.6) is 5.75 Å². The molecule has 0 amide bonds. The zero-order valence-corrected chi connectivity index (χ0v) is 25.5. The topological polar surface area (TPSA) is 103 Å². The lowest BCUT2D eigenvalue weighted by molar-refractivity contribution is -0.0382. The molecule has 9 nitrogen and oxygen atoms in total. The fraction of sp³-hybridized carbons (Fsp3) is 0.429. The molecule has 8 rings (SSSR count). The van der Waals surface area contributed by atoms with E-state index in [1.807, 2.05) is 6.92 Å². The number of aromatic nitrogens is 4. The third-order valence-corrected chi connectivity index (χ3v) is 9.75. The number of hydrogen-bond acceptors (Lipinski definition) is 7. The number of anilines is 1. The lowest BCUT2D eigenvalue weighted by atomic mass is 10.0. The molecule has 0 saturated carbocycles. The Kier molecular flexibility index (Phi) is 7.24. The number of aromatic amines is 2. The number of ether oxygens (including phenoxy) is 2. The number of nitrogens with zero attached hydrogens (tertiary/aromatic N) is 3. The lowest BCUT2D eigenvalue weighted by Gasteiger charge is -2.33. The number of nitrogens with one attached hydrogen (secondary N) is 4. The molecule has 5 heterocycles. The van der Waals surface area contributed by atoms with Gasteiger partial charge in [0.1, 0.15) is 17.4 Å². The van der Waals surface area contributed by atoms with Crippen LogP contribution in [0, 0.1) is 0 Å². The Labute approximate surface area is 257 Å². The highest BCUT2D eigenvalue weighted by atomic mass is 16.7. The van der Waals surface area contributed by atoms with Crippen LogP contribution >= 0.6 is 0 Å². The van der Waals surface area contributed by atoms with E-state index in [9.17, 15) is 0 Å². The summed E-state index contributed by atoms with van der Waals surface area (Å²) in [6.45, 7) is 4.02. The molecule has 228 valence electrons. The van der Waals surface area contributed by atoms with E-state index in [1.165, 1.54) is 29.7 Å². The molecule has 4 N–H and O–H groups in total. The second-order valence-corrected chi connectivity index (χ2v) is 12.5. The van der Waals surface area contributed by atoms with Crippen molar-refractivity contribution >= 4 is 27.8 Å². The minimum atomic E-state index is -0.302. The molecule has 3 aromatic carbocycles. The number of hydrogen-bond donors (Lipinski definition) is 4. The summed E-state index contributed by atoms with van der Waals surface area (Å²) in [5, 5.41) is 7.15. The van der Waals surface area contributed by atoms with Gasteiger partial charge in [0, 0.05) is 12.8 Å². The summed E-state index contributed by atoms with van der Waals surface area (Å²) in [4.78, 5) is 19.7. The van der Waals surface area contributed by atoms with Crippen molar-refractivity contribution in [1.29, 1.82) is 0 Å². The maximum absolute atomic E-state index is 5.92. The van der Waals surface area contributed by atoms with Gasteiger partial charge < -0.3 is 35.0 Å². The Hall–Kier alpha value is -3.92. The van der Waals surface area contributed by atoms with Gasteiger partial charge in [-0.05, 0) is 118 Å². The predicted octanol–water partition coefficient (Wildman–Crippen LogP) is 6.74. The van der Waals surface area contributed by atoms with Gasteiger partial charge in [0.2, 0.25) is 0 Å². The highest BCUT2D eigenvalue weighted by Crippen LogP contribution is 2.48. The maximum atomic E-state index is 5.92. The quantitative estimate of drug-likeness (QED) is 0.148. The first-order valence-corrected chi connectivity index (χ1v) is 16.2. The van der Waals surface area contributed by atoms with Gasteiger partial charge >= 0.3 is 0 Å². The van der Waals surface area contributed by atoms with Crippen molar-refractivity contribution < 1.29 is 9.47 Å². The molecule has 5 aromatic rings. The van der Waals surface area contributed by atoms with E-state index in [4.69, 9.17) is 19.4 Å². The molecule has 0 aliphatic carbocycles. The maximum Gasteiger partial charge on any atom is 0.196 e. The molecule has 2 aromatic heterocycles. The SMILES string of the molecule is CO[C@H](C)Oc1ccc(N2[C@@H](c3ccc4nc([C@@H]5CCCN5)[nH]c4c3)CC[C@@H]2c2ccc3nc([C@@H]4CCCN4)[nH]c3c2)cc1. The highest BCUT2D eigenvalue weighted by Gasteiger charge is 2.36. The first-order valence-electron chi connectivity index (χ1n) is 16.2. The van der Waals surface area contributed by atoms with Gasteiger partial charge in [-0.2, -0.15) is 0 Å². The Balaban J connectivity index is 1.14. The van der Waals surface area contributed by atoms with Gasteiger partial charge in [0.25, 0.3) is 0 Å². The Morgan fingerprint density at radius 3 is 1.75 bits per heavy atom. The van der Waals surface area contributed by atoms with E-state index in [2.05, 4.69) is 86.2 Å². The van der Waals surface area contributed by atoms with Crippen molar-refractivity contribution in [3.63, 3.8) is 0 Å². The number of imidazole rings is 2. The molecule has 9 heteroatoms. The Morgan fingerprint density at radius 2 is 1.27 bits per heavy atom. The van der Waals surface area contributed by atoms with Gasteiger partial charge in [0.15, 0.2) is 6.29 Å². The number of methoxy groups -OCH3 is 1. The van der Waals surface area contributed by atoms with Crippen molar-refractivity contribution in [2.75, 3.05) is 25.1 Å². The van der Waals surface area contributed by atoms with Crippen LogP contribution in [0.3, 0.4) is 0 Å². The van der Waals surface area contributed by atoms with Crippen LogP contribution in [0.15, 0.2) is 60.7 Å². The molecule has 44 heavy (non-hydrogen) atoms. The molecular weight excluding hydrogens is 550 g/mol. The largest absolute Gasteiger partial charge is 0.465 e. The van der Waals surface area contributed by atoms with E-state index in [-0.39, 0.29) is 18.4 Å². The molecule has 3 aliphatic heterocycles. The second-order valence-electron chi connectivity index (χ2n) is 12.5. The van der Waals surface area contributed by atoms with E-state index in [1.54, 1.807) is 7.11 Å². The first-order chi connectivity index (χ1) is 21.6. The number of H-pyrrole nitrogens is 2. The van der Waals surface area contributed by atoms with Crippen molar-refractivity contribution in [1.82, 2.24) is 30.6 Å². The van der Waals surface area contributed by atoms with Crippen molar-refractivity contribution in [2.24, 2.45) is 0 Å². The number of fused-ring (bicyclic) bond motifs is 2. The highest BCUT2D eigenvalue weighted by molar-refractivity contribution is 5.78. The third-order valence-electron chi connectivity index (χ3n) is 9.75. The van der Waals surface area contributed by atoms with E-state index in [0.717, 1.165) is 78.2 Å². The molecule has 3 saturated heterocycles. The van der Waals surface area contributed by atoms with Crippen LogP contribution in [-0.2, 0) is 4.74 Å². The van der Waals surface area contributed by atoms with Crippen LogP contribution in [0.1, 0.15) is 92.4 Å². The van der Waals surface area contributed by atoms with Crippen molar-refractivity contribution in [3.8, 4) is 5.75 Å². The molecule has 3 fully saturated rings. The van der Waals surface area contributed by atoms with Crippen LogP contribution < -0.4 is 20.3 Å². The summed E-state index contributed by atoms with van der Waals surface area (Å²) in [7, 11) is 1.66. The molecule has 5 atom stereocenters. The average Bonchev–Trinajstić information content (AvgIpc) is 3.89. The predicted molar refractivity (Wildman–Crippen MR) is 173 cm³/mol. The molecule has 0 unspecified atom stereocenters. The number of benzene rings is 3. The third kappa shape index (κ3) is 5.12. The van der Waals surface area contributed by atoms with Crippen molar-refractivity contribution in [3.05, 3.63) is 83.4 Å². The van der Waals surface area contributed by atoms with Gasteiger partial charge in [-0.15, -0.1) is 0 Å². The van der Waals surface area contributed by atoms with Crippen LogP contribution in [0.25, 0.3) is 22.1 Å². The molecule has 3 aliphatic rings. The molecule has 0 bridgehead atoms. The number of rotatable bonds is 8.